The van der Waals surface area contributed by atoms with E-state index in [1.54, 1.807) is 30.0 Å². The van der Waals surface area contributed by atoms with Crippen molar-refractivity contribution < 1.29 is 19.2 Å². The Balaban J connectivity index is 2.68. The molecule has 30 heavy (non-hydrogen) atoms. The van der Waals surface area contributed by atoms with Gasteiger partial charge in [0, 0.05) is 48.8 Å². The Morgan fingerprint density at radius 1 is 0.900 bits per heavy atom. The van der Waals surface area contributed by atoms with Crippen molar-refractivity contribution in [2.75, 3.05) is 42.6 Å². The summed E-state index contributed by atoms with van der Waals surface area (Å²) in [6.45, 7) is 5.67. The summed E-state index contributed by atoms with van der Waals surface area (Å²) >= 11 is 3.16. The summed E-state index contributed by atoms with van der Waals surface area (Å²) in [5.41, 5.74) is 1.38. The Kier molecular flexibility index (Phi) is 13.4. The van der Waals surface area contributed by atoms with Crippen molar-refractivity contribution >= 4 is 47.7 Å². The lowest BCUT2D eigenvalue weighted by molar-refractivity contribution is -0.118. The minimum Gasteiger partial charge on any atom is -0.356 e. The molecule has 8 nitrogen and oxygen atoms in total. The average molecular weight is 455 g/mol. The Bertz CT molecular complexity index is 716. The van der Waals surface area contributed by atoms with Crippen LogP contribution in [0.3, 0.4) is 0 Å². The fourth-order valence-electron chi connectivity index (χ4n) is 2.45. The predicted octanol–water partition coefficient (Wildman–Crippen LogP) is 1.01. The van der Waals surface area contributed by atoms with Crippen LogP contribution in [0, 0.1) is 0 Å². The van der Waals surface area contributed by atoms with Crippen molar-refractivity contribution in [2.24, 2.45) is 0 Å². The van der Waals surface area contributed by atoms with Gasteiger partial charge in [0.15, 0.2) is 0 Å². The molecule has 0 aliphatic rings. The first kappa shape index (κ1) is 25.8. The second kappa shape index (κ2) is 15.6. The minimum absolute atomic E-state index is 0.0304. The highest BCUT2D eigenvalue weighted by atomic mass is 32.2. The highest BCUT2D eigenvalue weighted by molar-refractivity contribution is 8.00. The van der Waals surface area contributed by atoms with Gasteiger partial charge in [-0.1, -0.05) is 6.92 Å². The SMILES string of the molecule is CCNC(=O)CSCCNC(=O)c1cc(CNC=O)cc(C(=O)NCCSCC)c1. The Morgan fingerprint density at radius 3 is 2.03 bits per heavy atom. The molecular weight excluding hydrogens is 424 g/mol. The van der Waals surface area contributed by atoms with E-state index in [1.807, 2.05) is 6.92 Å². The largest absolute Gasteiger partial charge is 0.356 e. The zero-order valence-electron chi connectivity index (χ0n) is 17.4. The van der Waals surface area contributed by atoms with E-state index in [4.69, 9.17) is 0 Å². The molecule has 4 N–H and O–H groups in total. The van der Waals surface area contributed by atoms with E-state index < -0.39 is 0 Å². The number of hydrogen-bond acceptors (Lipinski definition) is 6. The summed E-state index contributed by atoms with van der Waals surface area (Å²) in [6, 6.07) is 4.86. The number of carbonyl (C=O) groups excluding carboxylic acids is 4. The normalized spacial score (nSPS) is 10.2. The molecule has 1 aromatic carbocycles. The number of carbonyl (C=O) groups is 4. The van der Waals surface area contributed by atoms with Crippen molar-refractivity contribution in [1.82, 2.24) is 21.3 Å². The van der Waals surface area contributed by atoms with Gasteiger partial charge in [0.05, 0.1) is 5.75 Å². The van der Waals surface area contributed by atoms with Crippen molar-refractivity contribution in [3.05, 3.63) is 34.9 Å². The monoisotopic (exact) mass is 454 g/mol. The van der Waals surface area contributed by atoms with Crippen LogP contribution in [-0.4, -0.2) is 66.8 Å². The number of benzene rings is 1. The van der Waals surface area contributed by atoms with Gasteiger partial charge in [-0.3, -0.25) is 19.2 Å². The molecule has 0 saturated carbocycles. The Hall–Kier alpha value is -2.20. The number of nitrogens with one attached hydrogen (secondary N) is 4. The molecule has 0 fully saturated rings. The average Bonchev–Trinajstić information content (AvgIpc) is 2.74. The fraction of sp³-hybridized carbons (Fsp3) is 0.500. The first-order valence-electron chi connectivity index (χ1n) is 9.81. The summed E-state index contributed by atoms with van der Waals surface area (Å²) in [5, 5.41) is 10.9. The molecule has 0 unspecified atom stereocenters. The van der Waals surface area contributed by atoms with Crippen molar-refractivity contribution in [3.8, 4) is 0 Å². The lowest BCUT2D eigenvalue weighted by atomic mass is 10.0. The van der Waals surface area contributed by atoms with Gasteiger partial charge < -0.3 is 21.3 Å². The molecule has 1 rings (SSSR count). The molecule has 1 aromatic rings. The third kappa shape index (κ3) is 10.5. The van der Waals surface area contributed by atoms with Crippen LogP contribution in [0.15, 0.2) is 18.2 Å². The van der Waals surface area contributed by atoms with E-state index in [0.717, 1.165) is 11.5 Å². The molecule has 0 saturated heterocycles. The van der Waals surface area contributed by atoms with E-state index >= 15 is 0 Å². The lowest BCUT2D eigenvalue weighted by Gasteiger charge is -2.11. The minimum atomic E-state index is -0.308. The number of amides is 4. The molecule has 0 aromatic heterocycles. The van der Waals surface area contributed by atoms with Crippen LogP contribution in [0.4, 0.5) is 0 Å². The van der Waals surface area contributed by atoms with E-state index in [0.29, 0.717) is 54.2 Å². The first-order chi connectivity index (χ1) is 14.5. The van der Waals surface area contributed by atoms with Crippen LogP contribution in [0.5, 0.6) is 0 Å². The smallest absolute Gasteiger partial charge is 0.251 e. The molecule has 0 aliphatic heterocycles. The van der Waals surface area contributed by atoms with Gasteiger partial charge in [0.1, 0.15) is 0 Å². The van der Waals surface area contributed by atoms with E-state index in [-0.39, 0.29) is 24.3 Å². The molecule has 0 heterocycles. The van der Waals surface area contributed by atoms with Crippen molar-refractivity contribution in [3.63, 3.8) is 0 Å². The molecule has 0 aliphatic carbocycles. The molecule has 0 bridgehead atoms. The van der Waals surface area contributed by atoms with Gasteiger partial charge in [0.25, 0.3) is 11.8 Å². The summed E-state index contributed by atoms with van der Waals surface area (Å²) in [4.78, 5) is 47.0. The van der Waals surface area contributed by atoms with Crippen LogP contribution in [-0.2, 0) is 16.1 Å². The maximum absolute atomic E-state index is 12.5. The second-order valence-corrected chi connectivity index (χ2v) is 8.63. The molecule has 166 valence electrons. The van der Waals surface area contributed by atoms with Gasteiger partial charge in [-0.2, -0.15) is 23.5 Å². The van der Waals surface area contributed by atoms with Gasteiger partial charge in [-0.05, 0) is 36.4 Å². The third-order valence-corrected chi connectivity index (χ3v) is 5.64. The van der Waals surface area contributed by atoms with Crippen LogP contribution in [0.2, 0.25) is 0 Å². The van der Waals surface area contributed by atoms with Gasteiger partial charge in [0.2, 0.25) is 12.3 Å². The van der Waals surface area contributed by atoms with Crippen LogP contribution in [0.1, 0.15) is 40.1 Å². The molecule has 10 heteroatoms. The van der Waals surface area contributed by atoms with Gasteiger partial charge in [-0.25, -0.2) is 0 Å². The summed E-state index contributed by atoms with van der Waals surface area (Å²) in [6.07, 6.45) is 0.570. The molecule has 4 amide bonds. The van der Waals surface area contributed by atoms with Crippen molar-refractivity contribution in [2.45, 2.75) is 20.4 Å². The maximum atomic E-state index is 12.5. The van der Waals surface area contributed by atoms with Crippen molar-refractivity contribution in [1.29, 1.82) is 0 Å². The van der Waals surface area contributed by atoms with E-state index in [2.05, 4.69) is 28.2 Å². The highest BCUT2D eigenvalue weighted by Gasteiger charge is 2.13. The first-order valence-corrected chi connectivity index (χ1v) is 12.1. The second-order valence-electron chi connectivity index (χ2n) is 6.13. The topological polar surface area (TPSA) is 116 Å². The molecule has 0 spiro atoms. The quantitative estimate of drug-likeness (QED) is 0.232. The molecule has 0 radical (unpaired) electrons. The van der Waals surface area contributed by atoms with Crippen LogP contribution < -0.4 is 21.3 Å². The summed E-state index contributed by atoms with van der Waals surface area (Å²) < 4.78 is 0. The summed E-state index contributed by atoms with van der Waals surface area (Å²) in [7, 11) is 0. The number of thioether (sulfide) groups is 2. The van der Waals surface area contributed by atoms with E-state index in [9.17, 15) is 19.2 Å². The third-order valence-electron chi connectivity index (χ3n) is 3.78. The predicted molar refractivity (Wildman–Crippen MR) is 123 cm³/mol. The standard InChI is InChI=1S/C20H30N4O4S2/c1-3-22-18(26)13-30-8-6-24-20(28)17-10-15(12-21-14-25)9-16(11-17)19(27)23-5-7-29-4-2/h9-11,14H,3-8,12-13H2,1-2H3,(H,21,25)(H,22,26)(H,23,27)(H,24,28). The molecular formula is C20H30N4O4S2. The fourth-order valence-corrected chi connectivity index (χ4v) is 3.66. The number of hydrogen-bond donors (Lipinski definition) is 4. The Morgan fingerprint density at radius 2 is 1.50 bits per heavy atom. The summed E-state index contributed by atoms with van der Waals surface area (Å²) in [5.74, 6) is 2.14. The zero-order chi connectivity index (χ0) is 22.2. The van der Waals surface area contributed by atoms with E-state index in [1.165, 1.54) is 11.8 Å². The highest BCUT2D eigenvalue weighted by Crippen LogP contribution is 2.12. The van der Waals surface area contributed by atoms with Crippen LogP contribution >= 0.6 is 23.5 Å². The molecule has 0 atom stereocenters. The van der Waals surface area contributed by atoms with Gasteiger partial charge >= 0.3 is 0 Å². The lowest BCUT2D eigenvalue weighted by Crippen LogP contribution is -2.29. The zero-order valence-corrected chi connectivity index (χ0v) is 19.0. The maximum Gasteiger partial charge on any atom is 0.251 e. The number of rotatable bonds is 15. The Labute approximate surface area is 186 Å². The van der Waals surface area contributed by atoms with Crippen LogP contribution in [0.25, 0.3) is 0 Å². The van der Waals surface area contributed by atoms with Gasteiger partial charge in [-0.15, -0.1) is 0 Å².